The van der Waals surface area contributed by atoms with Crippen molar-refractivity contribution in [3.8, 4) is 11.8 Å². The summed E-state index contributed by atoms with van der Waals surface area (Å²) in [6.45, 7) is 4.41. The molecule has 0 bridgehead atoms. The molecule has 1 unspecified atom stereocenters. The van der Waals surface area contributed by atoms with Gasteiger partial charge in [0.15, 0.2) is 11.2 Å². The summed E-state index contributed by atoms with van der Waals surface area (Å²) < 4.78 is 9.11. The SMILES string of the molecule is CC#CCn1c(N2CCCC(N)C2)nc2c1c(=O)n(Cc1ccc3cccnc3c1N)c(=O)n2CC(=O)OCC. The van der Waals surface area contributed by atoms with Crippen LogP contribution >= 0.6 is 0 Å². The molecule has 12 nitrogen and oxygen atoms in total. The lowest BCUT2D eigenvalue weighted by Crippen LogP contribution is -2.44. The number of benzene rings is 1. The van der Waals surface area contributed by atoms with Crippen molar-refractivity contribution in [3.05, 3.63) is 56.9 Å². The van der Waals surface area contributed by atoms with E-state index in [1.54, 1.807) is 36.7 Å². The minimum absolute atomic E-state index is 0.0536. The van der Waals surface area contributed by atoms with Gasteiger partial charge in [-0.05, 0) is 38.3 Å². The van der Waals surface area contributed by atoms with E-state index in [0.29, 0.717) is 35.8 Å². The van der Waals surface area contributed by atoms with Crippen molar-refractivity contribution in [2.75, 3.05) is 30.3 Å². The molecule has 4 heterocycles. The van der Waals surface area contributed by atoms with Crippen molar-refractivity contribution in [2.45, 2.75) is 52.4 Å². The maximum absolute atomic E-state index is 14.1. The van der Waals surface area contributed by atoms with Crippen LogP contribution in [0.1, 0.15) is 32.3 Å². The molecule has 12 heteroatoms. The number of aromatic nitrogens is 5. The molecule has 208 valence electrons. The molecular formula is C28H32N8O4. The van der Waals surface area contributed by atoms with Crippen LogP contribution in [0.2, 0.25) is 0 Å². The van der Waals surface area contributed by atoms with Crippen LogP contribution in [0.3, 0.4) is 0 Å². The molecule has 5 rings (SSSR count). The molecule has 0 amide bonds. The Balaban J connectivity index is 1.75. The number of esters is 1. The predicted molar refractivity (Wildman–Crippen MR) is 153 cm³/mol. The number of ether oxygens (including phenoxy) is 1. The molecule has 1 aromatic carbocycles. The summed E-state index contributed by atoms with van der Waals surface area (Å²) in [5.41, 5.74) is 13.2. The third-order valence-electron chi connectivity index (χ3n) is 7.07. The number of nitrogens with zero attached hydrogens (tertiary/aromatic N) is 6. The summed E-state index contributed by atoms with van der Waals surface area (Å²) >= 11 is 0. The van der Waals surface area contributed by atoms with Gasteiger partial charge in [0.2, 0.25) is 5.95 Å². The fraction of sp³-hybridized carbons (Fsp3) is 0.393. The van der Waals surface area contributed by atoms with Gasteiger partial charge in [-0.1, -0.05) is 24.1 Å². The van der Waals surface area contributed by atoms with Crippen molar-refractivity contribution >= 4 is 39.7 Å². The van der Waals surface area contributed by atoms with E-state index in [1.165, 1.54) is 4.57 Å². The number of anilines is 2. The minimum Gasteiger partial charge on any atom is -0.465 e. The highest BCUT2D eigenvalue weighted by molar-refractivity contribution is 5.90. The highest BCUT2D eigenvalue weighted by Crippen LogP contribution is 2.25. The van der Waals surface area contributed by atoms with Crippen LogP contribution in [0, 0.1) is 11.8 Å². The Hall–Kier alpha value is -4.63. The monoisotopic (exact) mass is 544 g/mol. The van der Waals surface area contributed by atoms with Gasteiger partial charge in [0.05, 0.1) is 30.9 Å². The van der Waals surface area contributed by atoms with E-state index in [4.69, 9.17) is 21.2 Å². The Bertz CT molecular complexity index is 1770. The number of fused-ring (bicyclic) bond motifs is 2. The van der Waals surface area contributed by atoms with Gasteiger partial charge in [-0.2, -0.15) is 4.98 Å². The molecule has 1 atom stereocenters. The second-order valence-corrected chi connectivity index (χ2v) is 9.72. The van der Waals surface area contributed by atoms with Crippen molar-refractivity contribution < 1.29 is 9.53 Å². The molecule has 40 heavy (non-hydrogen) atoms. The summed E-state index contributed by atoms with van der Waals surface area (Å²) in [6.07, 6.45) is 3.38. The number of imidazole rings is 1. The number of hydrogen-bond donors (Lipinski definition) is 2. The van der Waals surface area contributed by atoms with Crippen LogP contribution in [0.15, 0.2) is 40.1 Å². The van der Waals surface area contributed by atoms with Gasteiger partial charge < -0.3 is 21.1 Å². The van der Waals surface area contributed by atoms with Crippen molar-refractivity contribution in [2.24, 2.45) is 5.73 Å². The second kappa shape index (κ2) is 11.2. The number of carbonyl (C=O) groups is 1. The maximum atomic E-state index is 14.1. The number of rotatable bonds is 7. The van der Waals surface area contributed by atoms with E-state index < -0.39 is 23.8 Å². The number of piperidine rings is 1. The average molecular weight is 545 g/mol. The summed E-state index contributed by atoms with van der Waals surface area (Å²) in [4.78, 5) is 51.6. The Morgan fingerprint density at radius 2 is 2.02 bits per heavy atom. The third kappa shape index (κ3) is 4.91. The molecular weight excluding hydrogens is 512 g/mol. The van der Waals surface area contributed by atoms with E-state index in [2.05, 4.69) is 16.8 Å². The molecule has 1 aliphatic heterocycles. The van der Waals surface area contributed by atoms with Gasteiger partial charge in [-0.15, -0.1) is 5.92 Å². The second-order valence-electron chi connectivity index (χ2n) is 9.72. The number of nitrogens with two attached hydrogens (primary N) is 2. The highest BCUT2D eigenvalue weighted by atomic mass is 16.5. The predicted octanol–water partition coefficient (Wildman–Crippen LogP) is 1.05. The van der Waals surface area contributed by atoms with Crippen molar-refractivity contribution in [1.29, 1.82) is 0 Å². The normalized spacial score (nSPS) is 15.3. The van der Waals surface area contributed by atoms with Crippen LogP contribution in [-0.2, 0) is 29.2 Å². The topological polar surface area (TPSA) is 156 Å². The van der Waals surface area contributed by atoms with Crippen LogP contribution in [-0.4, -0.2) is 55.4 Å². The van der Waals surface area contributed by atoms with Gasteiger partial charge in [-0.3, -0.25) is 28.3 Å². The summed E-state index contributed by atoms with van der Waals surface area (Å²) in [6, 6.07) is 7.25. The van der Waals surface area contributed by atoms with Crippen LogP contribution in [0.4, 0.5) is 11.6 Å². The molecule has 1 fully saturated rings. The highest BCUT2D eigenvalue weighted by Gasteiger charge is 2.28. The fourth-order valence-electron chi connectivity index (χ4n) is 5.16. The molecule has 0 spiro atoms. The van der Waals surface area contributed by atoms with E-state index in [-0.39, 0.29) is 36.9 Å². The Labute approximate surface area is 230 Å². The first kappa shape index (κ1) is 27.0. The molecule has 1 aliphatic rings. The van der Waals surface area contributed by atoms with E-state index in [0.717, 1.165) is 22.8 Å². The van der Waals surface area contributed by atoms with Gasteiger partial charge in [0, 0.05) is 30.7 Å². The number of nitrogen functional groups attached to an aromatic ring is 1. The van der Waals surface area contributed by atoms with Crippen molar-refractivity contribution in [3.63, 3.8) is 0 Å². The standard InChI is InChI=1S/C28H32N8O4/c1-3-5-14-34-24-25(32-27(34)33-13-7-9-20(29)16-33)35(17-21(37)40-4-2)28(39)36(26(24)38)15-19-11-10-18-8-6-12-31-23(18)22(19)30/h6,8,10-12,20H,4,7,9,13-17,29-30H2,1-2H3. The van der Waals surface area contributed by atoms with Gasteiger partial charge in [-0.25, -0.2) is 4.79 Å². The average Bonchev–Trinajstić information content (AvgIpc) is 3.33. The first-order valence-electron chi connectivity index (χ1n) is 13.3. The number of pyridine rings is 1. The van der Waals surface area contributed by atoms with E-state index in [9.17, 15) is 14.4 Å². The largest absolute Gasteiger partial charge is 0.465 e. The van der Waals surface area contributed by atoms with Gasteiger partial charge >= 0.3 is 11.7 Å². The molecule has 3 aromatic heterocycles. The molecule has 1 saturated heterocycles. The Morgan fingerprint density at radius 1 is 1.20 bits per heavy atom. The Kier molecular flexibility index (Phi) is 7.57. The maximum Gasteiger partial charge on any atom is 0.333 e. The summed E-state index contributed by atoms with van der Waals surface area (Å²) in [5.74, 6) is 5.75. The molecule has 4 N–H and O–H groups in total. The quantitative estimate of drug-likeness (QED) is 0.197. The zero-order valence-corrected chi connectivity index (χ0v) is 22.6. The van der Waals surface area contributed by atoms with Crippen LogP contribution in [0.25, 0.3) is 22.1 Å². The number of carbonyl (C=O) groups excluding carboxylic acids is 1. The lowest BCUT2D eigenvalue weighted by atomic mass is 10.1. The third-order valence-corrected chi connectivity index (χ3v) is 7.07. The zero-order valence-electron chi connectivity index (χ0n) is 22.6. The zero-order chi connectivity index (χ0) is 28.4. The number of hydrogen-bond acceptors (Lipinski definition) is 9. The first-order chi connectivity index (χ1) is 19.3. The van der Waals surface area contributed by atoms with E-state index in [1.807, 2.05) is 17.0 Å². The lowest BCUT2D eigenvalue weighted by molar-refractivity contribution is -0.143. The molecule has 0 radical (unpaired) electrons. The van der Waals surface area contributed by atoms with E-state index >= 15 is 0 Å². The smallest absolute Gasteiger partial charge is 0.333 e. The summed E-state index contributed by atoms with van der Waals surface area (Å²) in [5, 5.41) is 0.840. The molecule has 0 saturated carbocycles. The van der Waals surface area contributed by atoms with Gasteiger partial charge in [0.25, 0.3) is 5.56 Å². The minimum atomic E-state index is -0.695. The van der Waals surface area contributed by atoms with Crippen LogP contribution < -0.4 is 27.6 Å². The van der Waals surface area contributed by atoms with Crippen LogP contribution in [0.5, 0.6) is 0 Å². The van der Waals surface area contributed by atoms with Gasteiger partial charge in [0.1, 0.15) is 6.54 Å². The first-order valence-corrected chi connectivity index (χ1v) is 13.3. The fourth-order valence-corrected chi connectivity index (χ4v) is 5.16. The molecule has 0 aliphatic carbocycles. The lowest BCUT2D eigenvalue weighted by Gasteiger charge is -2.31. The molecule has 4 aromatic rings. The summed E-state index contributed by atoms with van der Waals surface area (Å²) in [7, 11) is 0. The van der Waals surface area contributed by atoms with Crippen molar-refractivity contribution in [1.82, 2.24) is 23.7 Å². The Morgan fingerprint density at radius 3 is 2.77 bits per heavy atom.